The Hall–Kier alpha value is -4.64. The van der Waals surface area contributed by atoms with Gasteiger partial charge in [-0.15, -0.1) is 0 Å². The van der Waals surface area contributed by atoms with Crippen LogP contribution in [0, 0.1) is 5.21 Å². The summed E-state index contributed by atoms with van der Waals surface area (Å²) in [7, 11) is 0. The molecule has 3 aromatic carbocycles. The molecule has 0 aliphatic carbocycles. The minimum Gasteiger partial charge on any atom is -0.733 e. The van der Waals surface area contributed by atoms with Crippen molar-refractivity contribution in [1.29, 1.82) is 0 Å². The number of nitrogens with one attached hydrogen (secondary N) is 1. The maximum Gasteiger partial charge on any atom is 0.339 e. The Labute approximate surface area is 250 Å². The van der Waals surface area contributed by atoms with E-state index in [1.54, 1.807) is 32.9 Å². The van der Waals surface area contributed by atoms with Gasteiger partial charge in [-0.2, -0.15) is 0 Å². The zero-order valence-electron chi connectivity index (χ0n) is 24.3. The molecule has 43 heavy (non-hydrogen) atoms. The first-order chi connectivity index (χ1) is 20.6. The minimum atomic E-state index is -1.00. The summed E-state index contributed by atoms with van der Waals surface area (Å²) in [6, 6.07) is 26.3. The molecular weight excluding hydrogens is 548 g/mol. The average Bonchev–Trinajstić information content (AvgIpc) is 2.96. The van der Waals surface area contributed by atoms with Crippen LogP contribution in [0.15, 0.2) is 108 Å². The monoisotopic (exact) mass is 583 g/mol. The highest BCUT2D eigenvalue weighted by atomic mass is 16.8. The van der Waals surface area contributed by atoms with Crippen molar-refractivity contribution in [2.45, 2.75) is 44.9 Å². The van der Waals surface area contributed by atoms with Crippen LogP contribution in [0.5, 0.6) is 0 Å². The first-order valence-electron chi connectivity index (χ1n) is 14.1. The van der Waals surface area contributed by atoms with Crippen molar-refractivity contribution in [3.8, 4) is 0 Å². The summed E-state index contributed by atoms with van der Waals surface area (Å²) in [5, 5.41) is 23.9. The van der Waals surface area contributed by atoms with Crippen LogP contribution >= 0.6 is 0 Å². The number of esters is 2. The van der Waals surface area contributed by atoms with E-state index >= 15 is 0 Å². The van der Waals surface area contributed by atoms with Crippen molar-refractivity contribution < 1.29 is 24.3 Å². The van der Waals surface area contributed by atoms with E-state index in [1.807, 2.05) is 36.4 Å². The summed E-state index contributed by atoms with van der Waals surface area (Å²) in [5.74, 6) is -2.30. The second kappa shape index (κ2) is 12.7. The molecule has 224 valence electrons. The number of nitrogens with zero attached hydrogens (tertiary/aromatic N) is 2. The van der Waals surface area contributed by atoms with Crippen molar-refractivity contribution in [2.24, 2.45) is 5.73 Å². The third-order valence-electron chi connectivity index (χ3n) is 7.55. The van der Waals surface area contributed by atoms with Crippen LogP contribution in [0.3, 0.4) is 0 Å². The fourth-order valence-electron chi connectivity index (χ4n) is 5.64. The molecule has 1 fully saturated rings. The fraction of sp³-hybridized carbons (Fsp3) is 0.273. The predicted octanol–water partition coefficient (Wildman–Crippen LogP) is 4.48. The molecule has 2 heterocycles. The van der Waals surface area contributed by atoms with Gasteiger partial charge >= 0.3 is 11.9 Å². The van der Waals surface area contributed by atoms with Crippen LogP contribution in [-0.4, -0.2) is 47.3 Å². The van der Waals surface area contributed by atoms with E-state index in [0.29, 0.717) is 24.4 Å². The smallest absolute Gasteiger partial charge is 0.339 e. The molecule has 0 saturated carbocycles. The van der Waals surface area contributed by atoms with E-state index in [9.17, 15) is 20.0 Å². The van der Waals surface area contributed by atoms with Gasteiger partial charge in [0.15, 0.2) is 0 Å². The zero-order valence-corrected chi connectivity index (χ0v) is 24.3. The first kappa shape index (κ1) is 29.8. The lowest BCUT2D eigenvalue weighted by atomic mass is 9.81. The number of allylic oxidation sites excluding steroid dienone is 1. The normalized spacial score (nSPS) is 17.5. The Morgan fingerprint density at radius 2 is 1.56 bits per heavy atom. The number of dihydropyridines is 1. The highest BCUT2D eigenvalue weighted by Gasteiger charge is 2.42. The number of carbonyl (C=O) groups excluding carboxylic acids is 2. The van der Waals surface area contributed by atoms with Crippen molar-refractivity contribution in [1.82, 2.24) is 10.2 Å². The minimum absolute atomic E-state index is 0.00928. The Bertz CT molecular complexity index is 1490. The quantitative estimate of drug-likeness (QED) is 0.244. The van der Waals surface area contributed by atoms with Gasteiger partial charge in [0.1, 0.15) is 11.9 Å². The van der Waals surface area contributed by atoms with Gasteiger partial charge in [-0.05, 0) is 49.6 Å². The van der Waals surface area contributed by atoms with Crippen LogP contribution in [0.25, 0.3) is 0 Å². The van der Waals surface area contributed by atoms with Gasteiger partial charge in [0.05, 0.1) is 34.9 Å². The predicted molar refractivity (Wildman–Crippen MR) is 161 cm³/mol. The number of anilines is 1. The summed E-state index contributed by atoms with van der Waals surface area (Å²) in [6.07, 6.45) is -0.835. The number of carbonyl (C=O) groups is 2. The Balaban J connectivity index is 1.41. The summed E-state index contributed by atoms with van der Waals surface area (Å²) < 4.78 is 11.5. The second-order valence-electron chi connectivity index (χ2n) is 11.0. The first-order valence-corrected chi connectivity index (χ1v) is 14.1. The SMILES string of the molecule is CC1=C(C(=O)OC(C)C)C(c2cccc(N([O-])O)c2)C(C(=O)OC2CN(C(c3ccccc3)c3ccccc3)C2)=C(N)N1. The molecule has 2 aliphatic heterocycles. The Kier molecular flexibility index (Phi) is 8.81. The molecule has 0 aromatic heterocycles. The summed E-state index contributed by atoms with van der Waals surface area (Å²) >= 11 is 0. The van der Waals surface area contributed by atoms with Crippen molar-refractivity contribution in [3.63, 3.8) is 0 Å². The third kappa shape index (κ3) is 6.41. The Morgan fingerprint density at radius 3 is 2.12 bits per heavy atom. The van der Waals surface area contributed by atoms with Crippen LogP contribution in [0.4, 0.5) is 5.69 Å². The van der Waals surface area contributed by atoms with Crippen molar-refractivity contribution in [3.05, 3.63) is 129 Å². The maximum absolute atomic E-state index is 13.8. The number of rotatable bonds is 9. The van der Waals surface area contributed by atoms with Gasteiger partial charge in [-0.3, -0.25) is 10.1 Å². The molecule has 4 N–H and O–H groups in total. The lowest BCUT2D eigenvalue weighted by Gasteiger charge is -2.44. The van der Waals surface area contributed by atoms with Crippen molar-refractivity contribution >= 4 is 17.6 Å². The standard InChI is InChI=1S/C33H35N4O6/c1-20(2)42-32(38)27-21(3)35-31(34)29(28(27)24-15-10-16-25(17-24)37(40)41)33(39)43-26-18-36(19-26)30(22-11-6-4-7-12-22)23-13-8-5-9-14-23/h4-17,20,26,28,30,35,40H,18-19,34H2,1-3H3/q-1. The third-order valence-corrected chi connectivity index (χ3v) is 7.55. The van der Waals surface area contributed by atoms with E-state index in [0.717, 1.165) is 11.1 Å². The van der Waals surface area contributed by atoms with Crippen molar-refractivity contribution in [2.75, 3.05) is 18.3 Å². The molecule has 0 radical (unpaired) electrons. The molecule has 5 rings (SSSR count). The largest absolute Gasteiger partial charge is 0.733 e. The molecule has 2 aliphatic rings. The number of benzene rings is 3. The van der Waals surface area contributed by atoms with E-state index in [2.05, 4.69) is 34.5 Å². The fourth-order valence-corrected chi connectivity index (χ4v) is 5.64. The topological polar surface area (TPSA) is 140 Å². The van der Waals surface area contributed by atoms with Gasteiger partial charge in [0, 0.05) is 18.8 Å². The lowest BCUT2D eigenvalue weighted by molar-refractivity contribution is -0.154. The number of hydrogen-bond donors (Lipinski definition) is 3. The van der Waals surface area contributed by atoms with Gasteiger partial charge < -0.3 is 31.0 Å². The molecule has 0 amide bonds. The molecule has 10 nitrogen and oxygen atoms in total. The zero-order chi connectivity index (χ0) is 30.7. The van der Waals surface area contributed by atoms with Crippen LogP contribution < -0.4 is 16.3 Å². The molecule has 0 bridgehead atoms. The molecule has 0 spiro atoms. The van der Waals surface area contributed by atoms with E-state index in [-0.39, 0.29) is 33.9 Å². The maximum atomic E-state index is 13.8. The number of ether oxygens (including phenoxy) is 2. The summed E-state index contributed by atoms with van der Waals surface area (Å²) in [6.45, 7) is 6.09. The van der Waals surface area contributed by atoms with E-state index < -0.39 is 30.1 Å². The van der Waals surface area contributed by atoms with E-state index in [4.69, 9.17) is 15.2 Å². The molecule has 1 atom stereocenters. The van der Waals surface area contributed by atoms with Crippen LogP contribution in [0.1, 0.15) is 49.4 Å². The summed E-state index contributed by atoms with van der Waals surface area (Å²) in [5.41, 5.74) is 9.54. The summed E-state index contributed by atoms with van der Waals surface area (Å²) in [4.78, 5) is 29.4. The number of nitrogens with two attached hydrogens (primary N) is 1. The number of hydrogen-bond acceptors (Lipinski definition) is 10. The highest BCUT2D eigenvalue weighted by molar-refractivity contribution is 6.00. The molecule has 1 saturated heterocycles. The Morgan fingerprint density at radius 1 is 0.953 bits per heavy atom. The van der Waals surface area contributed by atoms with Crippen LogP contribution in [-0.2, 0) is 19.1 Å². The van der Waals surface area contributed by atoms with Gasteiger partial charge in [-0.25, -0.2) is 9.59 Å². The molecule has 10 heteroatoms. The highest BCUT2D eigenvalue weighted by Crippen LogP contribution is 2.40. The second-order valence-corrected chi connectivity index (χ2v) is 11.0. The van der Waals surface area contributed by atoms with Crippen LogP contribution in [0.2, 0.25) is 0 Å². The molecule has 1 unspecified atom stereocenters. The molecule has 3 aromatic rings. The average molecular weight is 584 g/mol. The van der Waals surface area contributed by atoms with E-state index in [1.165, 1.54) is 12.1 Å². The lowest BCUT2D eigenvalue weighted by Crippen LogP contribution is -2.54. The molecular formula is C33H35N4O6-. The number of likely N-dealkylation sites (tertiary alicyclic amines) is 1. The van der Waals surface area contributed by atoms with Gasteiger partial charge in [-0.1, -0.05) is 72.8 Å². The van der Waals surface area contributed by atoms with Gasteiger partial charge in [0.25, 0.3) is 0 Å². The van der Waals surface area contributed by atoms with Gasteiger partial charge in [0.2, 0.25) is 0 Å².